The lowest BCUT2D eigenvalue weighted by Gasteiger charge is -2.05. The van der Waals surface area contributed by atoms with Crippen molar-refractivity contribution < 1.29 is 17.0 Å². The average molecular weight is 402 g/mol. The van der Waals surface area contributed by atoms with Crippen LogP contribution in [0.25, 0.3) is 0 Å². The number of nitrogens with zero attached hydrogens (tertiary/aromatic N) is 1. The van der Waals surface area contributed by atoms with Gasteiger partial charge >= 0.3 is 0 Å². The smallest absolute Gasteiger partial charge is 0.296 e. The van der Waals surface area contributed by atoms with E-state index in [-0.39, 0.29) is 11.5 Å². The summed E-state index contributed by atoms with van der Waals surface area (Å²) >= 11 is 0. The molecule has 150 valence electrons. The van der Waals surface area contributed by atoms with Gasteiger partial charge in [0.05, 0.1) is 17.2 Å². The average Bonchev–Trinajstić information content (AvgIpc) is 3.01. The zero-order chi connectivity index (χ0) is 20.4. The summed E-state index contributed by atoms with van der Waals surface area (Å²) in [7, 11) is -3.76. The van der Waals surface area contributed by atoms with Crippen LogP contribution in [0, 0.1) is 13.8 Å². The Balaban J connectivity index is 1.84. The van der Waals surface area contributed by atoms with E-state index >= 15 is 0 Å². The fourth-order valence-corrected chi connectivity index (χ4v) is 3.38. The second-order valence-electron chi connectivity index (χ2n) is 6.33. The lowest BCUT2D eigenvalue weighted by Crippen LogP contribution is -2.09. The van der Waals surface area contributed by atoms with E-state index in [4.69, 9.17) is 8.60 Å². The molecule has 0 saturated carbocycles. The molecule has 0 aliphatic carbocycles. The summed E-state index contributed by atoms with van der Waals surface area (Å²) in [6, 6.07) is 6.58. The zero-order valence-corrected chi connectivity index (χ0v) is 17.4. The van der Waals surface area contributed by atoms with Gasteiger partial charge in [-0.15, -0.1) is 0 Å². The predicted octanol–water partition coefficient (Wildman–Crippen LogP) is 4.86. The first-order valence-electron chi connectivity index (χ1n) is 9.28. The number of hydrogen-bond donors (Lipinski definition) is 0. The summed E-state index contributed by atoms with van der Waals surface area (Å²) in [5.41, 5.74) is 1.72. The van der Waals surface area contributed by atoms with E-state index < -0.39 is 10.1 Å². The molecule has 0 aliphatic heterocycles. The van der Waals surface area contributed by atoms with Gasteiger partial charge in [0.1, 0.15) is 5.76 Å². The summed E-state index contributed by atoms with van der Waals surface area (Å²) in [4.78, 5) is 4.61. The van der Waals surface area contributed by atoms with E-state index in [9.17, 15) is 8.42 Å². The van der Waals surface area contributed by atoms with Gasteiger partial charge in [-0.2, -0.15) is 8.42 Å². The highest BCUT2D eigenvalue weighted by molar-refractivity contribution is 7.86. The lowest BCUT2D eigenvalue weighted by atomic mass is 10.2. The first-order valence-corrected chi connectivity index (χ1v) is 10.7. The molecule has 2 rings (SSSR count). The minimum atomic E-state index is -3.76. The van der Waals surface area contributed by atoms with Crippen LogP contribution in [0.4, 0.5) is 0 Å². The number of aryl methyl sites for hydroxylation is 3. The normalized spacial score (nSPS) is 12.7. The van der Waals surface area contributed by atoms with Crippen molar-refractivity contribution in [3.63, 3.8) is 0 Å². The molecule has 1 aromatic carbocycles. The molecule has 0 aliphatic rings. The molecule has 2 aromatic rings. The van der Waals surface area contributed by atoms with Crippen LogP contribution >= 0.6 is 0 Å². The molecule has 0 saturated heterocycles. The maximum Gasteiger partial charge on any atom is 0.296 e. The molecule has 0 N–H and O–H groups in total. The van der Waals surface area contributed by atoms with Crippen molar-refractivity contribution in [2.45, 2.75) is 44.9 Å². The molecule has 0 bridgehead atoms. The minimum absolute atomic E-state index is 0.0265. The largest absolute Gasteiger partial charge is 0.446 e. The van der Waals surface area contributed by atoms with Crippen molar-refractivity contribution in [3.8, 4) is 0 Å². The van der Waals surface area contributed by atoms with Crippen molar-refractivity contribution in [3.05, 3.63) is 83.6 Å². The third-order valence-corrected chi connectivity index (χ3v) is 5.34. The number of benzene rings is 1. The molecule has 1 aromatic heterocycles. The fraction of sp³-hybridized carbons (Fsp3) is 0.318. The van der Waals surface area contributed by atoms with E-state index in [1.807, 2.05) is 51.2 Å². The zero-order valence-electron chi connectivity index (χ0n) is 16.6. The van der Waals surface area contributed by atoms with E-state index in [2.05, 4.69) is 11.1 Å². The van der Waals surface area contributed by atoms with E-state index in [0.29, 0.717) is 24.5 Å². The quantitative estimate of drug-likeness (QED) is 0.420. The molecule has 6 heteroatoms. The SMILES string of the molecule is C\C=C/C=C\C=C\CCc1nc(CCOS(=O)(=O)c2ccc(C)cc2)c(C)o1. The van der Waals surface area contributed by atoms with Crippen molar-refractivity contribution >= 4 is 10.1 Å². The van der Waals surface area contributed by atoms with Gasteiger partial charge in [-0.25, -0.2) is 4.98 Å². The molecule has 0 amide bonds. The molecule has 1 heterocycles. The maximum absolute atomic E-state index is 12.2. The van der Waals surface area contributed by atoms with Gasteiger partial charge in [0.2, 0.25) is 0 Å². The summed E-state index contributed by atoms with van der Waals surface area (Å²) in [6.45, 7) is 5.73. The van der Waals surface area contributed by atoms with E-state index in [1.54, 1.807) is 24.3 Å². The molecule has 28 heavy (non-hydrogen) atoms. The number of allylic oxidation sites excluding steroid dienone is 6. The van der Waals surface area contributed by atoms with Crippen LogP contribution in [0.2, 0.25) is 0 Å². The summed E-state index contributed by atoms with van der Waals surface area (Å²) in [5.74, 6) is 1.35. The van der Waals surface area contributed by atoms with Gasteiger partial charge in [-0.3, -0.25) is 4.18 Å². The monoisotopic (exact) mass is 401 g/mol. The summed E-state index contributed by atoms with van der Waals surface area (Å²) < 4.78 is 35.2. The highest BCUT2D eigenvalue weighted by atomic mass is 32.2. The lowest BCUT2D eigenvalue weighted by molar-refractivity contribution is 0.320. The molecule has 0 atom stereocenters. The Bertz CT molecular complexity index is 935. The van der Waals surface area contributed by atoms with Crippen LogP contribution < -0.4 is 0 Å². The van der Waals surface area contributed by atoms with Crippen LogP contribution in [0.3, 0.4) is 0 Å². The fourth-order valence-electron chi connectivity index (χ4n) is 2.47. The Hall–Kier alpha value is -2.44. The topological polar surface area (TPSA) is 69.4 Å². The van der Waals surface area contributed by atoms with Gasteiger partial charge in [-0.05, 0) is 39.3 Å². The summed E-state index contributed by atoms with van der Waals surface area (Å²) in [5, 5.41) is 0. The minimum Gasteiger partial charge on any atom is -0.446 e. The first kappa shape index (κ1) is 21.9. The van der Waals surface area contributed by atoms with Crippen LogP contribution in [0.15, 0.2) is 70.0 Å². The Morgan fingerprint density at radius 3 is 2.46 bits per heavy atom. The molecule has 0 unspecified atom stereocenters. The van der Waals surface area contributed by atoms with Crippen molar-refractivity contribution in [1.29, 1.82) is 0 Å². The van der Waals surface area contributed by atoms with Gasteiger partial charge in [0.25, 0.3) is 10.1 Å². The van der Waals surface area contributed by atoms with Crippen molar-refractivity contribution in [2.24, 2.45) is 0 Å². The third-order valence-electron chi connectivity index (χ3n) is 4.01. The number of rotatable bonds is 10. The highest BCUT2D eigenvalue weighted by Crippen LogP contribution is 2.16. The van der Waals surface area contributed by atoms with Gasteiger partial charge in [0.15, 0.2) is 5.89 Å². The maximum atomic E-state index is 12.2. The van der Waals surface area contributed by atoms with Crippen molar-refractivity contribution in [2.75, 3.05) is 6.61 Å². The number of aromatic nitrogens is 1. The second-order valence-corrected chi connectivity index (χ2v) is 7.94. The first-order chi connectivity index (χ1) is 13.4. The summed E-state index contributed by atoms with van der Waals surface area (Å²) in [6.07, 6.45) is 13.8. The molecule has 0 spiro atoms. The van der Waals surface area contributed by atoms with Crippen LogP contribution in [-0.4, -0.2) is 20.0 Å². The standard InChI is InChI=1S/C22H27NO4S/c1-4-5-6-7-8-9-10-11-22-23-21(19(3)27-22)16-17-26-28(24,25)20-14-12-18(2)13-15-20/h4-9,12-15H,10-11,16-17H2,1-3H3/b5-4-,7-6-,9-8+. The molecule has 0 radical (unpaired) electrons. The van der Waals surface area contributed by atoms with Gasteiger partial charge in [-0.1, -0.05) is 54.2 Å². The third kappa shape index (κ3) is 6.94. The van der Waals surface area contributed by atoms with E-state index in [1.165, 1.54) is 0 Å². The number of oxazole rings is 1. The predicted molar refractivity (Wildman–Crippen MR) is 111 cm³/mol. The molecular weight excluding hydrogens is 374 g/mol. The Labute approximate surface area is 167 Å². The molecule has 5 nitrogen and oxygen atoms in total. The van der Waals surface area contributed by atoms with Crippen LogP contribution in [0.5, 0.6) is 0 Å². The van der Waals surface area contributed by atoms with E-state index in [0.717, 1.165) is 17.7 Å². The van der Waals surface area contributed by atoms with Crippen LogP contribution in [-0.2, 0) is 27.1 Å². The van der Waals surface area contributed by atoms with Gasteiger partial charge < -0.3 is 4.42 Å². The van der Waals surface area contributed by atoms with Crippen LogP contribution in [0.1, 0.15) is 36.3 Å². The highest BCUT2D eigenvalue weighted by Gasteiger charge is 2.16. The molecule has 0 fully saturated rings. The Morgan fingerprint density at radius 1 is 1.04 bits per heavy atom. The Kier molecular flexibility index (Phi) is 8.42. The van der Waals surface area contributed by atoms with Crippen molar-refractivity contribution in [1.82, 2.24) is 4.98 Å². The molecular formula is C22H27NO4S. The Morgan fingerprint density at radius 2 is 1.75 bits per heavy atom. The van der Waals surface area contributed by atoms with Gasteiger partial charge in [0, 0.05) is 12.8 Å². The number of hydrogen-bond acceptors (Lipinski definition) is 5. The second kappa shape index (κ2) is 10.8.